The number of hydrogen-bond acceptors (Lipinski definition) is 3. The van der Waals surface area contributed by atoms with Crippen molar-refractivity contribution in [3.05, 3.63) is 0 Å². The SMILES string of the molecule is O=C1CNC(=O)N1C1CCC(O)CC1. The smallest absolute Gasteiger partial charge is 0.324 e. The van der Waals surface area contributed by atoms with Crippen molar-refractivity contribution in [2.45, 2.75) is 37.8 Å². The fraction of sp³-hybridized carbons (Fsp3) is 0.778. The molecular weight excluding hydrogens is 184 g/mol. The second-order valence-electron chi connectivity index (χ2n) is 3.88. The minimum absolute atomic E-state index is 0.00611. The van der Waals surface area contributed by atoms with E-state index in [1.54, 1.807) is 0 Å². The van der Waals surface area contributed by atoms with Crippen molar-refractivity contribution in [1.29, 1.82) is 0 Å². The Kier molecular flexibility index (Phi) is 2.41. The molecule has 0 aromatic carbocycles. The Hall–Kier alpha value is -1.10. The number of nitrogens with one attached hydrogen (secondary N) is 1. The van der Waals surface area contributed by atoms with E-state index >= 15 is 0 Å². The molecule has 0 radical (unpaired) electrons. The summed E-state index contributed by atoms with van der Waals surface area (Å²) in [6, 6.07) is -0.287. The van der Waals surface area contributed by atoms with Crippen LogP contribution in [0.5, 0.6) is 0 Å². The van der Waals surface area contributed by atoms with E-state index in [-0.39, 0.29) is 30.6 Å². The molecule has 1 saturated heterocycles. The summed E-state index contributed by atoms with van der Waals surface area (Å²) in [5, 5.41) is 11.8. The Morgan fingerprint density at radius 1 is 1.21 bits per heavy atom. The van der Waals surface area contributed by atoms with E-state index in [0.29, 0.717) is 12.8 Å². The highest BCUT2D eigenvalue weighted by molar-refractivity contribution is 6.02. The van der Waals surface area contributed by atoms with Gasteiger partial charge in [0.15, 0.2) is 0 Å². The lowest BCUT2D eigenvalue weighted by molar-refractivity contribution is -0.127. The number of aliphatic hydroxyl groups excluding tert-OH is 1. The number of aliphatic hydroxyl groups is 1. The summed E-state index contributed by atoms with van der Waals surface area (Å²) in [5.74, 6) is -0.142. The molecule has 14 heavy (non-hydrogen) atoms. The first kappa shape index (κ1) is 9.45. The molecule has 0 unspecified atom stereocenters. The third-order valence-electron chi connectivity index (χ3n) is 2.91. The van der Waals surface area contributed by atoms with Crippen LogP contribution in [0.3, 0.4) is 0 Å². The van der Waals surface area contributed by atoms with Crippen molar-refractivity contribution >= 4 is 11.9 Å². The molecular formula is C9H14N2O3. The number of carbonyl (C=O) groups excluding carboxylic acids is 2. The maximum Gasteiger partial charge on any atom is 0.324 e. The van der Waals surface area contributed by atoms with Crippen molar-refractivity contribution in [3.63, 3.8) is 0 Å². The molecule has 0 atom stereocenters. The van der Waals surface area contributed by atoms with Gasteiger partial charge in [-0.05, 0) is 25.7 Å². The highest BCUT2D eigenvalue weighted by Gasteiger charge is 2.36. The van der Waals surface area contributed by atoms with Crippen LogP contribution < -0.4 is 5.32 Å². The van der Waals surface area contributed by atoms with E-state index < -0.39 is 0 Å². The summed E-state index contributed by atoms with van der Waals surface area (Å²) >= 11 is 0. The molecule has 3 amide bonds. The molecule has 0 spiro atoms. The topological polar surface area (TPSA) is 69.6 Å². The van der Waals surface area contributed by atoms with Crippen molar-refractivity contribution < 1.29 is 14.7 Å². The van der Waals surface area contributed by atoms with Crippen LogP contribution in [0.2, 0.25) is 0 Å². The molecule has 1 heterocycles. The van der Waals surface area contributed by atoms with Crippen LogP contribution >= 0.6 is 0 Å². The number of hydrogen-bond donors (Lipinski definition) is 2. The van der Waals surface area contributed by atoms with Crippen molar-refractivity contribution in [2.75, 3.05) is 6.54 Å². The zero-order valence-electron chi connectivity index (χ0n) is 7.90. The van der Waals surface area contributed by atoms with Gasteiger partial charge in [-0.3, -0.25) is 9.69 Å². The number of amides is 3. The summed E-state index contributed by atoms with van der Waals surface area (Å²) in [6.45, 7) is 0.123. The fourth-order valence-corrected chi connectivity index (χ4v) is 2.12. The summed E-state index contributed by atoms with van der Waals surface area (Å²) in [5.41, 5.74) is 0. The van der Waals surface area contributed by atoms with Gasteiger partial charge in [-0.15, -0.1) is 0 Å². The van der Waals surface area contributed by atoms with Crippen LogP contribution in [-0.2, 0) is 4.79 Å². The quantitative estimate of drug-likeness (QED) is 0.575. The molecule has 0 aromatic heterocycles. The first-order valence-corrected chi connectivity index (χ1v) is 4.96. The van der Waals surface area contributed by atoms with E-state index in [4.69, 9.17) is 0 Å². The van der Waals surface area contributed by atoms with Gasteiger partial charge in [0, 0.05) is 6.04 Å². The fourth-order valence-electron chi connectivity index (χ4n) is 2.12. The number of imide groups is 1. The van der Waals surface area contributed by atoms with E-state index in [0.717, 1.165) is 12.8 Å². The maximum atomic E-state index is 11.3. The third-order valence-corrected chi connectivity index (χ3v) is 2.91. The van der Waals surface area contributed by atoms with Gasteiger partial charge in [-0.1, -0.05) is 0 Å². The second-order valence-corrected chi connectivity index (χ2v) is 3.88. The Morgan fingerprint density at radius 2 is 1.86 bits per heavy atom. The van der Waals surface area contributed by atoms with E-state index in [9.17, 15) is 14.7 Å². The van der Waals surface area contributed by atoms with Gasteiger partial charge in [0.1, 0.15) is 0 Å². The summed E-state index contributed by atoms with van der Waals surface area (Å²) in [7, 11) is 0. The normalized spacial score (nSPS) is 33.4. The van der Waals surface area contributed by atoms with Gasteiger partial charge in [-0.25, -0.2) is 4.79 Å². The zero-order chi connectivity index (χ0) is 10.1. The van der Waals surface area contributed by atoms with Gasteiger partial charge in [0.05, 0.1) is 12.6 Å². The maximum absolute atomic E-state index is 11.3. The predicted molar refractivity (Wildman–Crippen MR) is 48.5 cm³/mol. The number of carbonyl (C=O) groups is 2. The Balaban J connectivity index is 2.00. The molecule has 2 rings (SSSR count). The molecule has 0 bridgehead atoms. The van der Waals surface area contributed by atoms with Crippen LogP contribution in [0.15, 0.2) is 0 Å². The molecule has 5 heteroatoms. The lowest BCUT2D eigenvalue weighted by atomic mass is 9.92. The molecule has 1 saturated carbocycles. The Morgan fingerprint density at radius 3 is 2.36 bits per heavy atom. The standard InChI is InChI=1S/C9H14N2O3/c12-7-3-1-6(2-4-7)11-8(13)5-10-9(11)14/h6-7,12H,1-5H2,(H,10,14). The molecule has 2 fully saturated rings. The average Bonchev–Trinajstić information content (AvgIpc) is 2.49. The summed E-state index contributed by atoms with van der Waals surface area (Å²) in [4.78, 5) is 24.0. The number of urea groups is 1. The summed E-state index contributed by atoms with van der Waals surface area (Å²) < 4.78 is 0. The molecule has 1 aliphatic heterocycles. The van der Waals surface area contributed by atoms with E-state index in [1.807, 2.05) is 0 Å². The van der Waals surface area contributed by atoms with Crippen molar-refractivity contribution in [3.8, 4) is 0 Å². The summed E-state index contributed by atoms with van der Waals surface area (Å²) in [6.07, 6.45) is 2.55. The van der Waals surface area contributed by atoms with Gasteiger partial charge in [-0.2, -0.15) is 0 Å². The lowest BCUT2D eigenvalue weighted by Gasteiger charge is -2.30. The van der Waals surface area contributed by atoms with Gasteiger partial charge in [0.25, 0.3) is 0 Å². The van der Waals surface area contributed by atoms with Gasteiger partial charge < -0.3 is 10.4 Å². The lowest BCUT2D eigenvalue weighted by Crippen LogP contribution is -2.43. The van der Waals surface area contributed by atoms with Crippen LogP contribution in [0, 0.1) is 0 Å². The van der Waals surface area contributed by atoms with Gasteiger partial charge in [0.2, 0.25) is 5.91 Å². The van der Waals surface area contributed by atoms with E-state index in [2.05, 4.69) is 5.32 Å². The minimum Gasteiger partial charge on any atom is -0.393 e. The number of nitrogens with zero attached hydrogens (tertiary/aromatic N) is 1. The molecule has 5 nitrogen and oxygen atoms in total. The molecule has 0 aromatic rings. The monoisotopic (exact) mass is 198 g/mol. The number of rotatable bonds is 1. The van der Waals surface area contributed by atoms with Crippen LogP contribution in [0.25, 0.3) is 0 Å². The molecule has 2 aliphatic rings. The second kappa shape index (κ2) is 3.57. The third kappa shape index (κ3) is 1.59. The zero-order valence-corrected chi connectivity index (χ0v) is 7.90. The van der Waals surface area contributed by atoms with Crippen molar-refractivity contribution in [1.82, 2.24) is 10.2 Å². The van der Waals surface area contributed by atoms with Crippen LogP contribution in [0.1, 0.15) is 25.7 Å². The Labute approximate surface area is 82.1 Å². The average molecular weight is 198 g/mol. The van der Waals surface area contributed by atoms with Crippen LogP contribution in [0.4, 0.5) is 4.79 Å². The Bertz CT molecular complexity index is 243. The molecule has 78 valence electrons. The predicted octanol–water partition coefficient (Wildman–Crippen LogP) is -0.158. The molecule has 1 aliphatic carbocycles. The van der Waals surface area contributed by atoms with Gasteiger partial charge >= 0.3 is 6.03 Å². The van der Waals surface area contributed by atoms with Crippen molar-refractivity contribution in [2.24, 2.45) is 0 Å². The highest BCUT2D eigenvalue weighted by atomic mass is 16.3. The largest absolute Gasteiger partial charge is 0.393 e. The first-order chi connectivity index (χ1) is 6.68. The highest BCUT2D eigenvalue weighted by Crippen LogP contribution is 2.24. The van der Waals surface area contributed by atoms with E-state index in [1.165, 1.54) is 4.90 Å². The van der Waals surface area contributed by atoms with Crippen LogP contribution in [-0.4, -0.2) is 40.6 Å². The molecule has 2 N–H and O–H groups in total. The first-order valence-electron chi connectivity index (χ1n) is 4.96. The minimum atomic E-state index is -0.281.